The summed E-state index contributed by atoms with van der Waals surface area (Å²) in [5, 5.41) is 0. The monoisotopic (exact) mass is 418 g/mol. The normalized spacial score (nSPS) is 23.6. The second-order valence-corrected chi connectivity index (χ2v) is 10.5. The predicted molar refractivity (Wildman–Crippen MR) is 112 cm³/mol. The third kappa shape index (κ3) is 4.47. The molecule has 0 unspecified atom stereocenters. The van der Waals surface area contributed by atoms with Gasteiger partial charge >= 0.3 is 0 Å². The number of amides is 1. The quantitative estimate of drug-likeness (QED) is 0.699. The summed E-state index contributed by atoms with van der Waals surface area (Å²) < 4.78 is 24.7. The Morgan fingerprint density at radius 2 is 1.79 bits per heavy atom. The van der Waals surface area contributed by atoms with Crippen molar-refractivity contribution in [2.45, 2.75) is 55.8 Å². The van der Waals surface area contributed by atoms with Gasteiger partial charge in [0.05, 0.1) is 11.9 Å². The smallest absolute Gasteiger partial charge is 0.226 e. The molecule has 29 heavy (non-hydrogen) atoms. The summed E-state index contributed by atoms with van der Waals surface area (Å²) in [6, 6.07) is 0. The molecule has 3 aliphatic rings. The number of aromatic nitrogens is 2. The molecular formula is C21H30N4O3S. The largest absolute Gasteiger partial charge is 0.342 e. The van der Waals surface area contributed by atoms with Crippen molar-refractivity contribution in [2.75, 3.05) is 37.3 Å². The lowest BCUT2D eigenvalue weighted by Gasteiger charge is -2.35. The first kappa shape index (κ1) is 20.3. The third-order valence-corrected chi connectivity index (χ3v) is 7.48. The molecule has 2 aliphatic heterocycles. The lowest BCUT2D eigenvalue weighted by Crippen LogP contribution is -2.42. The van der Waals surface area contributed by atoms with Crippen molar-refractivity contribution < 1.29 is 13.2 Å². The average Bonchev–Trinajstić information content (AvgIpc) is 3.28. The molecule has 0 bridgehead atoms. The van der Waals surface area contributed by atoms with Crippen LogP contribution in [0.25, 0.3) is 0 Å². The number of allylic oxidation sites excluding steroid dienone is 2. The van der Waals surface area contributed by atoms with Crippen molar-refractivity contribution in [2.24, 2.45) is 5.92 Å². The maximum absolute atomic E-state index is 12.8. The summed E-state index contributed by atoms with van der Waals surface area (Å²) in [4.78, 5) is 26.2. The summed E-state index contributed by atoms with van der Waals surface area (Å²) in [5.74, 6) is 1.03. The average molecular weight is 419 g/mol. The summed E-state index contributed by atoms with van der Waals surface area (Å²) in [7, 11) is -3.40. The maximum Gasteiger partial charge on any atom is 0.226 e. The zero-order valence-corrected chi connectivity index (χ0v) is 17.9. The van der Waals surface area contributed by atoms with E-state index in [-0.39, 0.29) is 22.6 Å². The molecule has 1 aromatic rings. The lowest BCUT2D eigenvalue weighted by molar-refractivity contribution is -0.136. The van der Waals surface area contributed by atoms with Crippen LogP contribution in [-0.4, -0.2) is 61.6 Å². The van der Waals surface area contributed by atoms with E-state index in [0.29, 0.717) is 24.7 Å². The molecule has 4 rings (SSSR count). The first-order valence-corrected chi connectivity index (χ1v) is 12.6. The molecule has 1 aliphatic carbocycles. The van der Waals surface area contributed by atoms with Gasteiger partial charge in [0, 0.05) is 44.3 Å². The number of hydrogen-bond acceptors (Lipinski definition) is 6. The minimum Gasteiger partial charge on any atom is -0.342 e. The Morgan fingerprint density at radius 3 is 2.41 bits per heavy atom. The number of nitrogens with zero attached hydrogens (tertiary/aromatic N) is 4. The highest BCUT2D eigenvalue weighted by molar-refractivity contribution is 7.90. The van der Waals surface area contributed by atoms with E-state index in [1.165, 1.54) is 12.5 Å². The highest BCUT2D eigenvalue weighted by Gasteiger charge is 2.32. The van der Waals surface area contributed by atoms with E-state index in [1.807, 2.05) is 4.90 Å². The van der Waals surface area contributed by atoms with Crippen molar-refractivity contribution in [1.82, 2.24) is 14.9 Å². The number of likely N-dealkylation sites (tertiary alicyclic amines) is 1. The molecular weight excluding hydrogens is 388 g/mol. The van der Waals surface area contributed by atoms with Gasteiger partial charge in [-0.15, -0.1) is 0 Å². The number of sulfone groups is 1. The van der Waals surface area contributed by atoms with E-state index in [2.05, 4.69) is 22.0 Å². The Morgan fingerprint density at radius 1 is 1.07 bits per heavy atom. The molecule has 0 aromatic carbocycles. The molecule has 2 saturated heterocycles. The van der Waals surface area contributed by atoms with Crippen LogP contribution in [0.15, 0.2) is 23.2 Å². The second kappa shape index (κ2) is 8.42. The van der Waals surface area contributed by atoms with Gasteiger partial charge in [0.15, 0.2) is 9.84 Å². The minimum absolute atomic E-state index is 0.0411. The standard InChI is InChI=1S/C21H30N4O3S/c1-29(27,28)18-15-22-21(25-11-5-6-12-25)23-19(18)16-9-13-24(14-10-16)20(26)17-7-3-2-4-8-17/h2-3,15-17H,4-14H2,1H3/t17-/m1/s1. The van der Waals surface area contributed by atoms with Gasteiger partial charge < -0.3 is 9.80 Å². The number of anilines is 1. The van der Waals surface area contributed by atoms with Crippen LogP contribution < -0.4 is 4.90 Å². The van der Waals surface area contributed by atoms with Crippen molar-refractivity contribution >= 4 is 21.7 Å². The van der Waals surface area contributed by atoms with Crippen LogP contribution in [0.4, 0.5) is 5.95 Å². The van der Waals surface area contributed by atoms with Crippen LogP contribution in [-0.2, 0) is 14.6 Å². The van der Waals surface area contributed by atoms with Crippen LogP contribution >= 0.6 is 0 Å². The Balaban J connectivity index is 1.51. The zero-order valence-electron chi connectivity index (χ0n) is 17.1. The SMILES string of the molecule is CS(=O)(=O)c1cnc(N2CCCC2)nc1C1CCN(C(=O)[C@@H]2CC=CCC2)CC1. The molecule has 1 aromatic heterocycles. The molecule has 7 nitrogen and oxygen atoms in total. The summed E-state index contributed by atoms with van der Waals surface area (Å²) >= 11 is 0. The van der Waals surface area contributed by atoms with E-state index in [0.717, 1.165) is 58.0 Å². The van der Waals surface area contributed by atoms with E-state index in [1.54, 1.807) is 0 Å². The summed E-state index contributed by atoms with van der Waals surface area (Å²) in [5.41, 5.74) is 0.636. The van der Waals surface area contributed by atoms with Crippen LogP contribution in [0.1, 0.15) is 56.6 Å². The summed E-state index contributed by atoms with van der Waals surface area (Å²) in [6.45, 7) is 3.16. The second-order valence-electron chi connectivity index (χ2n) is 8.47. The van der Waals surface area contributed by atoms with Gasteiger partial charge in [-0.05, 0) is 44.9 Å². The van der Waals surface area contributed by atoms with E-state index < -0.39 is 9.84 Å². The molecule has 8 heteroatoms. The fourth-order valence-electron chi connectivity index (χ4n) is 4.67. The van der Waals surface area contributed by atoms with Crippen molar-refractivity contribution in [3.63, 3.8) is 0 Å². The minimum atomic E-state index is -3.40. The predicted octanol–water partition coefficient (Wildman–Crippen LogP) is 2.54. The molecule has 158 valence electrons. The number of carbonyl (C=O) groups is 1. The highest BCUT2D eigenvalue weighted by atomic mass is 32.2. The van der Waals surface area contributed by atoms with Gasteiger partial charge in [-0.1, -0.05) is 12.2 Å². The van der Waals surface area contributed by atoms with Gasteiger partial charge in [-0.25, -0.2) is 18.4 Å². The first-order valence-electron chi connectivity index (χ1n) is 10.7. The van der Waals surface area contributed by atoms with Crippen molar-refractivity contribution in [1.29, 1.82) is 0 Å². The van der Waals surface area contributed by atoms with Crippen LogP contribution in [0, 0.1) is 5.92 Å². The Hall–Kier alpha value is -1.96. The molecule has 0 spiro atoms. The van der Waals surface area contributed by atoms with Gasteiger partial charge in [-0.2, -0.15) is 0 Å². The molecule has 0 saturated carbocycles. The van der Waals surface area contributed by atoms with E-state index >= 15 is 0 Å². The van der Waals surface area contributed by atoms with Crippen molar-refractivity contribution in [3.05, 3.63) is 24.0 Å². The first-order chi connectivity index (χ1) is 13.9. The fourth-order valence-corrected chi connectivity index (χ4v) is 5.51. The molecule has 0 radical (unpaired) electrons. The zero-order chi connectivity index (χ0) is 20.4. The lowest BCUT2D eigenvalue weighted by atomic mass is 9.89. The Labute approximate surface area is 173 Å². The van der Waals surface area contributed by atoms with Gasteiger partial charge in [0.2, 0.25) is 11.9 Å². The van der Waals surface area contributed by atoms with Crippen LogP contribution in [0.3, 0.4) is 0 Å². The Bertz CT molecular complexity index is 885. The van der Waals surface area contributed by atoms with Gasteiger partial charge in [0.1, 0.15) is 4.90 Å². The summed E-state index contributed by atoms with van der Waals surface area (Å²) in [6.07, 6.45) is 13.4. The molecule has 3 heterocycles. The van der Waals surface area contributed by atoms with E-state index in [4.69, 9.17) is 4.98 Å². The maximum atomic E-state index is 12.8. The molecule has 1 amide bonds. The third-order valence-electron chi connectivity index (χ3n) is 6.37. The number of hydrogen-bond donors (Lipinski definition) is 0. The highest BCUT2D eigenvalue weighted by Crippen LogP contribution is 2.33. The number of carbonyl (C=O) groups excluding carboxylic acids is 1. The Kier molecular flexibility index (Phi) is 5.90. The molecule has 1 atom stereocenters. The molecule has 2 fully saturated rings. The van der Waals surface area contributed by atoms with E-state index in [9.17, 15) is 13.2 Å². The van der Waals surface area contributed by atoms with Gasteiger partial charge in [0.25, 0.3) is 0 Å². The van der Waals surface area contributed by atoms with Crippen molar-refractivity contribution in [3.8, 4) is 0 Å². The fraction of sp³-hybridized carbons (Fsp3) is 0.667. The number of rotatable bonds is 4. The van der Waals surface area contributed by atoms with Crippen LogP contribution in [0.2, 0.25) is 0 Å². The number of piperidine rings is 1. The topological polar surface area (TPSA) is 83.5 Å². The van der Waals surface area contributed by atoms with Crippen LogP contribution in [0.5, 0.6) is 0 Å². The van der Waals surface area contributed by atoms with Gasteiger partial charge in [-0.3, -0.25) is 4.79 Å². The molecule has 0 N–H and O–H groups in total.